The summed E-state index contributed by atoms with van der Waals surface area (Å²) in [5, 5.41) is 3.90. The number of hydrogen-bond acceptors (Lipinski definition) is 3. The van der Waals surface area contributed by atoms with Crippen LogP contribution in [0.25, 0.3) is 0 Å². The van der Waals surface area contributed by atoms with Crippen molar-refractivity contribution in [3.63, 3.8) is 0 Å². The van der Waals surface area contributed by atoms with Crippen molar-refractivity contribution in [3.8, 4) is 0 Å². The molecule has 3 nitrogen and oxygen atoms in total. The molecule has 0 aromatic heterocycles. The number of allylic oxidation sites excluding steroid dienone is 2. The average Bonchev–Trinajstić information content (AvgIpc) is 3.08. The fraction of sp³-hybridized carbons (Fsp3) is 0.893. The molecule has 3 unspecified atom stereocenters. The topological polar surface area (TPSA) is 38.3 Å². The minimum atomic E-state index is 0.0888. The predicted molar refractivity (Wildman–Crippen MR) is 121 cm³/mol. The van der Waals surface area contributed by atoms with Crippen molar-refractivity contribution in [2.45, 2.75) is 103 Å². The molecule has 6 fully saturated rings. The van der Waals surface area contributed by atoms with Gasteiger partial charge in [0.15, 0.2) is 5.78 Å². The van der Waals surface area contributed by atoms with Crippen molar-refractivity contribution in [2.75, 3.05) is 6.54 Å². The molecule has 11 atom stereocenters. The van der Waals surface area contributed by atoms with E-state index < -0.39 is 0 Å². The largest absolute Gasteiger partial charge is 0.369 e. The molecular formula is C28H41NO2. The number of nitrogens with one attached hydrogen (secondary N) is 1. The maximum atomic E-state index is 12.2. The Morgan fingerprint density at radius 3 is 2.77 bits per heavy atom. The van der Waals surface area contributed by atoms with Gasteiger partial charge < -0.3 is 10.1 Å². The van der Waals surface area contributed by atoms with Crippen molar-refractivity contribution >= 4 is 5.78 Å². The van der Waals surface area contributed by atoms with E-state index >= 15 is 0 Å². The van der Waals surface area contributed by atoms with E-state index in [1.807, 2.05) is 0 Å². The normalized spacial score (nSPS) is 61.7. The van der Waals surface area contributed by atoms with Gasteiger partial charge in [0.05, 0.1) is 11.7 Å². The van der Waals surface area contributed by atoms with Crippen LogP contribution in [0.15, 0.2) is 11.6 Å². The van der Waals surface area contributed by atoms with Gasteiger partial charge in [-0.1, -0.05) is 33.3 Å². The molecule has 2 aliphatic heterocycles. The Balaban J connectivity index is 1.24. The number of fused-ring (bicyclic) bond motifs is 6. The van der Waals surface area contributed by atoms with E-state index in [1.54, 1.807) is 0 Å². The lowest BCUT2D eigenvalue weighted by atomic mass is 9.56. The van der Waals surface area contributed by atoms with Gasteiger partial charge in [-0.15, -0.1) is 0 Å². The van der Waals surface area contributed by atoms with Gasteiger partial charge in [-0.25, -0.2) is 0 Å². The molecule has 2 heterocycles. The lowest BCUT2D eigenvalue weighted by molar-refractivity contribution is -0.147. The first-order chi connectivity index (χ1) is 14.7. The van der Waals surface area contributed by atoms with E-state index in [0.29, 0.717) is 34.7 Å². The fourth-order valence-corrected chi connectivity index (χ4v) is 11.0. The number of hydrogen-bond donors (Lipinski definition) is 1. The van der Waals surface area contributed by atoms with Gasteiger partial charge in [-0.3, -0.25) is 4.79 Å². The quantitative estimate of drug-likeness (QED) is 0.575. The van der Waals surface area contributed by atoms with Gasteiger partial charge in [-0.2, -0.15) is 0 Å². The highest BCUT2D eigenvalue weighted by atomic mass is 16.5. The smallest absolute Gasteiger partial charge is 0.155 e. The summed E-state index contributed by atoms with van der Waals surface area (Å²) in [5.74, 6) is 4.30. The number of ketones is 1. The highest BCUT2D eigenvalue weighted by Crippen LogP contribution is 2.87. The van der Waals surface area contributed by atoms with Gasteiger partial charge in [0.1, 0.15) is 0 Å². The second-order valence-electron chi connectivity index (χ2n) is 13.5. The molecule has 7 rings (SSSR count). The molecule has 1 N–H and O–H groups in total. The number of rotatable bonds is 0. The minimum absolute atomic E-state index is 0.0888. The van der Waals surface area contributed by atoms with E-state index in [1.165, 1.54) is 50.5 Å². The van der Waals surface area contributed by atoms with Gasteiger partial charge in [0.2, 0.25) is 0 Å². The lowest BCUT2D eigenvalue weighted by Crippen LogP contribution is -2.53. The van der Waals surface area contributed by atoms with Gasteiger partial charge >= 0.3 is 0 Å². The van der Waals surface area contributed by atoms with E-state index in [2.05, 4.69) is 39.1 Å². The summed E-state index contributed by atoms with van der Waals surface area (Å²) in [6, 6.07) is 0.558. The Labute approximate surface area is 188 Å². The number of ether oxygens (including phenoxy) is 1. The summed E-state index contributed by atoms with van der Waals surface area (Å²) in [7, 11) is 0. The molecule has 0 aromatic carbocycles. The van der Waals surface area contributed by atoms with Crippen molar-refractivity contribution in [1.29, 1.82) is 0 Å². The first-order valence-corrected chi connectivity index (χ1v) is 13.4. The number of carbonyl (C=O) groups excluding carboxylic acids is 1. The summed E-state index contributed by atoms with van der Waals surface area (Å²) >= 11 is 0. The van der Waals surface area contributed by atoms with Gasteiger partial charge in [-0.05, 0) is 98.5 Å². The Kier molecular flexibility index (Phi) is 3.74. The first-order valence-electron chi connectivity index (χ1n) is 13.4. The Morgan fingerprint density at radius 1 is 1.10 bits per heavy atom. The molecule has 170 valence electrons. The van der Waals surface area contributed by atoms with Crippen LogP contribution in [-0.2, 0) is 9.53 Å². The van der Waals surface area contributed by atoms with Crippen LogP contribution in [0, 0.1) is 45.8 Å². The highest BCUT2D eigenvalue weighted by molar-refractivity contribution is 5.91. The monoisotopic (exact) mass is 423 g/mol. The van der Waals surface area contributed by atoms with E-state index in [9.17, 15) is 4.79 Å². The molecular weight excluding hydrogens is 382 g/mol. The van der Waals surface area contributed by atoms with E-state index in [0.717, 1.165) is 43.1 Å². The summed E-state index contributed by atoms with van der Waals surface area (Å²) < 4.78 is 7.22. The molecule has 0 radical (unpaired) electrons. The fourth-order valence-electron chi connectivity index (χ4n) is 11.0. The van der Waals surface area contributed by atoms with Crippen LogP contribution in [0.3, 0.4) is 0 Å². The number of piperidine rings is 1. The van der Waals surface area contributed by atoms with Crippen LogP contribution >= 0.6 is 0 Å². The zero-order chi connectivity index (χ0) is 21.4. The molecule has 3 heteroatoms. The summed E-state index contributed by atoms with van der Waals surface area (Å²) in [4.78, 5) is 12.2. The van der Waals surface area contributed by atoms with Crippen molar-refractivity contribution in [1.82, 2.24) is 5.32 Å². The Hall–Kier alpha value is -0.670. The Morgan fingerprint density at radius 2 is 1.94 bits per heavy atom. The second kappa shape index (κ2) is 5.87. The molecule has 7 aliphatic rings. The van der Waals surface area contributed by atoms with Crippen LogP contribution in [0.4, 0.5) is 0 Å². The van der Waals surface area contributed by atoms with Crippen LogP contribution in [0.2, 0.25) is 0 Å². The van der Waals surface area contributed by atoms with Crippen LogP contribution in [-0.4, -0.2) is 30.1 Å². The van der Waals surface area contributed by atoms with Crippen molar-refractivity contribution in [3.05, 3.63) is 11.6 Å². The zero-order valence-electron chi connectivity index (χ0n) is 20.0. The maximum absolute atomic E-state index is 12.2. The maximum Gasteiger partial charge on any atom is 0.155 e. The lowest BCUT2D eigenvalue weighted by Gasteiger charge is -2.50. The zero-order valence-corrected chi connectivity index (χ0v) is 20.0. The van der Waals surface area contributed by atoms with Crippen LogP contribution in [0.5, 0.6) is 0 Å². The predicted octanol–water partition coefficient (Wildman–Crippen LogP) is 5.29. The van der Waals surface area contributed by atoms with E-state index in [4.69, 9.17) is 4.74 Å². The van der Waals surface area contributed by atoms with Gasteiger partial charge in [0.25, 0.3) is 0 Å². The summed E-state index contributed by atoms with van der Waals surface area (Å²) in [6.45, 7) is 11.2. The highest BCUT2D eigenvalue weighted by Gasteiger charge is 2.84. The van der Waals surface area contributed by atoms with E-state index in [-0.39, 0.29) is 11.0 Å². The third kappa shape index (κ3) is 2.13. The molecule has 2 spiro atoms. The minimum Gasteiger partial charge on any atom is -0.369 e. The second-order valence-corrected chi connectivity index (χ2v) is 13.5. The molecule has 2 saturated heterocycles. The average molecular weight is 424 g/mol. The van der Waals surface area contributed by atoms with Gasteiger partial charge in [0, 0.05) is 23.8 Å². The molecule has 0 bridgehead atoms. The molecule has 0 aromatic rings. The summed E-state index contributed by atoms with van der Waals surface area (Å²) in [6.07, 6.45) is 13.6. The van der Waals surface area contributed by atoms with Crippen LogP contribution < -0.4 is 5.32 Å². The van der Waals surface area contributed by atoms with Crippen molar-refractivity contribution in [2.24, 2.45) is 45.8 Å². The third-order valence-electron chi connectivity index (χ3n) is 12.6. The first kappa shape index (κ1) is 19.8. The molecule has 4 saturated carbocycles. The summed E-state index contributed by atoms with van der Waals surface area (Å²) in [5.41, 5.74) is 2.74. The van der Waals surface area contributed by atoms with Crippen molar-refractivity contribution < 1.29 is 9.53 Å². The standard InChI is InChI=1S/C28H41NO2/c1-16-11-23-24(29-14-16)17(2)28(31-23)10-8-21-20-6-5-18-12-19(30)7-9-25(18,3)22(20)13-27(21)15-26(27,28)4/h12,16-17,20-24,29H,5-11,13-15H2,1-4H3/t16-,17+,20?,21-,22-,23+,24-,25-,26?,27?,28+/m0/s1. The SMILES string of the molecule is C[C@@H]1CN[C@H]2[C@@H](C)[C@@]3(CC[C@H]4C5CCC6=CC(=O)CC[C@]6(C)[C@H]5CC45CC53C)O[C@@H]2C1. The molecule has 31 heavy (non-hydrogen) atoms. The molecule has 0 amide bonds. The Bertz CT molecular complexity index is 880. The molecule has 5 aliphatic carbocycles. The van der Waals surface area contributed by atoms with Crippen LogP contribution in [0.1, 0.15) is 85.5 Å². The number of carbonyl (C=O) groups is 1. The third-order valence-corrected chi connectivity index (χ3v) is 12.6.